The Morgan fingerprint density at radius 3 is 1.39 bits per heavy atom. The minimum Gasteiger partial charge on any atom is -0.496 e. The van der Waals surface area contributed by atoms with Gasteiger partial charge >= 0.3 is 7.12 Å². The zero-order chi connectivity index (χ0) is 39.2. The van der Waals surface area contributed by atoms with Crippen molar-refractivity contribution >= 4 is 63.5 Å². The highest BCUT2D eigenvalue weighted by Gasteiger charge is 2.11. The highest BCUT2D eigenvalue weighted by molar-refractivity contribution is 9.08. The van der Waals surface area contributed by atoms with E-state index in [1.807, 2.05) is 84.9 Å². The molecule has 0 unspecified atom stereocenters. The lowest BCUT2D eigenvalue weighted by Crippen LogP contribution is -2.29. The summed E-state index contributed by atoms with van der Waals surface area (Å²) in [6, 6.07) is 40.8. The summed E-state index contributed by atoms with van der Waals surface area (Å²) in [5, 5.41) is 19.6. The zero-order valence-electron chi connectivity index (χ0n) is 29.5. The van der Waals surface area contributed by atoms with E-state index < -0.39 is 18.9 Å². The largest absolute Gasteiger partial charge is 0.496 e. The number of halogens is 3. The van der Waals surface area contributed by atoms with Gasteiger partial charge in [-0.2, -0.15) is 0 Å². The molecule has 8 nitrogen and oxygen atoms in total. The standard InChI is InChI=1S/C21H18ClNO2.C14H12BrClO.C7H8BNO3.3CH4/c1-25-20-10-7-15(11-14-5-8-16(9-6-14)21(23)24)12-19(20)17-3-2-4-18(22)13-17;1-17-14-6-5-10(9-15)7-13(14)11-3-2-4-12(16)8-11;9-7(10)5-1-3-6(4-2-5)8(11)12;;;/h2-10,12-13H,11H2,1H3,(H2,23,24);2-8H,9H2,1H3;1-4,11-12H,(H2,9,10);3*1H4. The number of ether oxygens (including phenoxy) is 2. The van der Waals surface area contributed by atoms with Crippen molar-refractivity contribution in [1.29, 1.82) is 0 Å². The van der Waals surface area contributed by atoms with E-state index in [0.29, 0.717) is 21.6 Å². The molecule has 6 N–H and O–H groups in total. The lowest BCUT2D eigenvalue weighted by atomic mass is 9.80. The Morgan fingerprint density at radius 1 is 0.596 bits per heavy atom. The first-order valence-electron chi connectivity index (χ1n) is 16.5. The smallest absolute Gasteiger partial charge is 0.488 e. The van der Waals surface area contributed by atoms with Crippen molar-refractivity contribution < 1.29 is 29.1 Å². The lowest BCUT2D eigenvalue weighted by molar-refractivity contribution is 0.0992. The van der Waals surface area contributed by atoms with E-state index in [2.05, 4.69) is 28.1 Å². The van der Waals surface area contributed by atoms with Crippen molar-refractivity contribution in [1.82, 2.24) is 0 Å². The van der Waals surface area contributed by atoms with Gasteiger partial charge in [0.2, 0.25) is 11.8 Å². The van der Waals surface area contributed by atoms with Gasteiger partial charge in [0.25, 0.3) is 0 Å². The summed E-state index contributed by atoms with van der Waals surface area (Å²) in [4.78, 5) is 21.7. The first-order chi connectivity index (χ1) is 25.9. The number of nitrogens with two attached hydrogens (primary N) is 2. The molecule has 57 heavy (non-hydrogen) atoms. The van der Waals surface area contributed by atoms with E-state index in [9.17, 15) is 9.59 Å². The fourth-order valence-corrected chi connectivity index (χ4v) is 6.04. The molecule has 0 aliphatic heterocycles. The van der Waals surface area contributed by atoms with Crippen LogP contribution in [0.25, 0.3) is 22.3 Å². The molecule has 0 heterocycles. The van der Waals surface area contributed by atoms with E-state index in [1.54, 1.807) is 26.4 Å². The summed E-state index contributed by atoms with van der Waals surface area (Å²) in [5.41, 5.74) is 19.0. The summed E-state index contributed by atoms with van der Waals surface area (Å²) in [6.45, 7) is 0. The van der Waals surface area contributed by atoms with Crippen molar-refractivity contribution in [2.45, 2.75) is 34.0 Å². The molecule has 6 aromatic rings. The third kappa shape index (κ3) is 14.7. The number of alkyl halides is 1. The normalized spacial score (nSPS) is 9.67. The van der Waals surface area contributed by atoms with Gasteiger partial charge in [-0.3, -0.25) is 9.59 Å². The van der Waals surface area contributed by atoms with Crippen LogP contribution in [-0.2, 0) is 11.8 Å². The number of amides is 2. The number of benzene rings is 6. The Bertz CT molecular complexity index is 2190. The fraction of sp³-hybridized carbons (Fsp3) is 0.156. The van der Waals surface area contributed by atoms with Gasteiger partial charge in [0.05, 0.1) is 14.2 Å². The molecule has 0 fully saturated rings. The first kappa shape index (κ1) is 49.9. The van der Waals surface area contributed by atoms with Gasteiger partial charge in [-0.05, 0) is 112 Å². The van der Waals surface area contributed by atoms with Crippen molar-refractivity contribution in [2.75, 3.05) is 14.2 Å². The maximum absolute atomic E-state index is 11.2. The first-order valence-corrected chi connectivity index (χ1v) is 18.4. The Morgan fingerprint density at radius 2 is 1.00 bits per heavy atom. The second kappa shape index (κ2) is 24.5. The molecule has 300 valence electrons. The van der Waals surface area contributed by atoms with Crippen LogP contribution >= 0.6 is 39.1 Å². The average Bonchev–Trinajstić information content (AvgIpc) is 3.18. The maximum atomic E-state index is 11.2. The van der Waals surface area contributed by atoms with Crippen LogP contribution in [0.3, 0.4) is 0 Å². The highest BCUT2D eigenvalue weighted by atomic mass is 79.9. The predicted octanol–water partition coefficient (Wildman–Crippen LogP) is 9.99. The van der Waals surface area contributed by atoms with Crippen molar-refractivity contribution in [3.8, 4) is 33.8 Å². The predicted molar refractivity (Wildman–Crippen MR) is 242 cm³/mol. The molecule has 0 aromatic heterocycles. The monoisotopic (exact) mass is 874 g/mol. The highest BCUT2D eigenvalue weighted by Crippen LogP contribution is 2.34. The summed E-state index contributed by atoms with van der Waals surface area (Å²) in [7, 11) is 1.83. The molecule has 0 bridgehead atoms. The summed E-state index contributed by atoms with van der Waals surface area (Å²) < 4.78 is 10.9. The Labute approximate surface area is 355 Å². The second-order valence-electron chi connectivity index (χ2n) is 11.8. The second-order valence-corrected chi connectivity index (χ2v) is 13.3. The number of hydrogen-bond donors (Lipinski definition) is 4. The topological polar surface area (TPSA) is 145 Å². The summed E-state index contributed by atoms with van der Waals surface area (Å²) in [5.74, 6) is 0.709. The van der Waals surface area contributed by atoms with Crippen LogP contribution in [0, 0.1) is 0 Å². The third-order valence-corrected chi connectivity index (χ3v) is 9.21. The Balaban J connectivity index is 0.000000445. The molecule has 0 saturated carbocycles. The van der Waals surface area contributed by atoms with Gasteiger partial charge in [0.1, 0.15) is 11.5 Å². The number of carbonyl (C=O) groups is 2. The summed E-state index contributed by atoms with van der Waals surface area (Å²) >= 11 is 15.6. The molecule has 0 aliphatic carbocycles. The van der Waals surface area contributed by atoms with Gasteiger partial charge in [0, 0.05) is 37.6 Å². The van der Waals surface area contributed by atoms with Gasteiger partial charge in [-0.1, -0.05) is 122 Å². The zero-order valence-corrected chi connectivity index (χ0v) is 32.6. The van der Waals surface area contributed by atoms with E-state index >= 15 is 0 Å². The summed E-state index contributed by atoms with van der Waals surface area (Å²) in [6.07, 6.45) is 0.747. The average molecular weight is 877 g/mol. The van der Waals surface area contributed by atoms with E-state index in [0.717, 1.165) is 61.7 Å². The van der Waals surface area contributed by atoms with Gasteiger partial charge < -0.3 is 31.0 Å². The molecule has 0 spiro atoms. The van der Waals surface area contributed by atoms with Gasteiger partial charge in [0.15, 0.2) is 0 Å². The van der Waals surface area contributed by atoms with Gasteiger partial charge in [-0.15, -0.1) is 0 Å². The van der Waals surface area contributed by atoms with Crippen LogP contribution in [0.15, 0.2) is 133 Å². The molecule has 6 aromatic carbocycles. The van der Waals surface area contributed by atoms with Crippen LogP contribution < -0.4 is 26.4 Å². The number of methoxy groups -OCH3 is 2. The van der Waals surface area contributed by atoms with Crippen LogP contribution in [0.5, 0.6) is 11.5 Å². The molecule has 0 saturated heterocycles. The molecule has 0 atom stereocenters. The van der Waals surface area contributed by atoms with Crippen molar-refractivity contribution in [3.63, 3.8) is 0 Å². The molecule has 6 rings (SSSR count). The number of carbonyl (C=O) groups excluding carboxylic acids is 2. The quantitative estimate of drug-likeness (QED) is 0.0797. The minimum absolute atomic E-state index is 0. The fourth-order valence-electron chi connectivity index (χ4n) is 5.31. The molecular formula is C45H50BBrCl2N2O6. The van der Waals surface area contributed by atoms with Crippen LogP contribution in [-0.4, -0.2) is 43.2 Å². The van der Waals surface area contributed by atoms with E-state index in [1.165, 1.54) is 29.8 Å². The molecule has 12 heteroatoms. The molecule has 0 radical (unpaired) electrons. The third-order valence-electron chi connectivity index (χ3n) is 8.09. The molecule has 0 aliphatic rings. The van der Waals surface area contributed by atoms with Crippen LogP contribution in [0.4, 0.5) is 0 Å². The Hall–Kier alpha value is -5.10. The molecular weight excluding hydrogens is 826 g/mol. The van der Waals surface area contributed by atoms with E-state index in [4.69, 9.17) is 54.2 Å². The number of rotatable bonds is 10. The van der Waals surface area contributed by atoms with Crippen molar-refractivity contribution in [3.05, 3.63) is 171 Å². The lowest BCUT2D eigenvalue weighted by Gasteiger charge is -2.12. The van der Waals surface area contributed by atoms with Crippen LogP contribution in [0.1, 0.15) is 59.7 Å². The maximum Gasteiger partial charge on any atom is 0.488 e. The minimum atomic E-state index is -1.51. The number of hydrogen-bond acceptors (Lipinski definition) is 6. The van der Waals surface area contributed by atoms with Gasteiger partial charge in [-0.25, -0.2) is 0 Å². The van der Waals surface area contributed by atoms with Crippen molar-refractivity contribution in [2.24, 2.45) is 11.5 Å². The number of primary amides is 2. The molecule has 2 amide bonds. The Kier molecular flexibility index (Phi) is 21.5. The van der Waals surface area contributed by atoms with Crippen LogP contribution in [0.2, 0.25) is 10.0 Å². The van der Waals surface area contributed by atoms with E-state index in [-0.39, 0.29) is 22.3 Å². The SMILES string of the molecule is C.C.C.COc1ccc(CBr)cc1-c1cccc(Cl)c1.COc1ccc(Cc2ccc(C(N)=O)cc2)cc1-c1cccc(Cl)c1.NC(=O)c1ccc(B(O)O)cc1.